The van der Waals surface area contributed by atoms with Gasteiger partial charge in [0.1, 0.15) is 11.8 Å². The van der Waals surface area contributed by atoms with Crippen molar-refractivity contribution >= 4 is 46.5 Å². The van der Waals surface area contributed by atoms with Crippen molar-refractivity contribution in [2.75, 3.05) is 30.5 Å². The zero-order chi connectivity index (χ0) is 29.4. The van der Waals surface area contributed by atoms with Gasteiger partial charge >= 0.3 is 5.97 Å². The van der Waals surface area contributed by atoms with E-state index < -0.39 is 12.0 Å². The van der Waals surface area contributed by atoms with Crippen LogP contribution in [-0.2, 0) is 14.3 Å². The normalized spacial score (nSPS) is 27.9. The van der Waals surface area contributed by atoms with Crippen LogP contribution in [0.1, 0.15) is 68.6 Å². The third-order valence-corrected chi connectivity index (χ3v) is 10.2. The molecule has 1 heterocycles. The van der Waals surface area contributed by atoms with Crippen LogP contribution in [0.25, 0.3) is 0 Å². The highest BCUT2D eigenvalue weighted by Gasteiger charge is 2.52. The number of rotatable bonds is 10. The number of carbonyl (C=O) groups is 3. The first kappa shape index (κ1) is 28.6. The molecule has 0 aromatic heterocycles. The fourth-order valence-corrected chi connectivity index (χ4v) is 8.72. The van der Waals surface area contributed by atoms with Gasteiger partial charge in [0.15, 0.2) is 5.11 Å². The zero-order valence-corrected chi connectivity index (χ0v) is 25.2. The van der Waals surface area contributed by atoms with Gasteiger partial charge in [-0.2, -0.15) is 0 Å². The van der Waals surface area contributed by atoms with Gasteiger partial charge in [0, 0.05) is 12.2 Å². The number of ether oxygens (including phenoxy) is 2. The average molecular weight is 590 g/mol. The van der Waals surface area contributed by atoms with E-state index in [-0.39, 0.29) is 24.8 Å². The molecule has 5 fully saturated rings. The lowest BCUT2D eigenvalue weighted by Crippen LogP contribution is -2.48. The van der Waals surface area contributed by atoms with Crippen molar-refractivity contribution in [3.63, 3.8) is 0 Å². The van der Waals surface area contributed by atoms with Gasteiger partial charge in [-0.15, -0.1) is 0 Å². The van der Waals surface area contributed by atoms with Crippen molar-refractivity contribution < 1.29 is 23.9 Å². The van der Waals surface area contributed by atoms with Crippen LogP contribution in [0.3, 0.4) is 0 Å². The third-order valence-electron chi connectivity index (χ3n) is 9.76. The fourth-order valence-electron chi connectivity index (χ4n) is 8.30. The Kier molecular flexibility index (Phi) is 7.96. The first-order valence-electron chi connectivity index (χ1n) is 15.1. The molecule has 9 heteroatoms. The third kappa shape index (κ3) is 5.63. The summed E-state index contributed by atoms with van der Waals surface area (Å²) in [6.45, 7) is 2.69. The van der Waals surface area contributed by atoms with Gasteiger partial charge in [-0.1, -0.05) is 0 Å². The Bertz CT molecular complexity index is 1320. The monoisotopic (exact) mass is 589 g/mol. The molecule has 4 aliphatic carbocycles. The second kappa shape index (κ2) is 11.7. The van der Waals surface area contributed by atoms with Crippen LogP contribution in [0, 0.1) is 23.2 Å². The Hall–Kier alpha value is -3.46. The number of methoxy groups -OCH3 is 1. The van der Waals surface area contributed by atoms with Gasteiger partial charge in [-0.05, 0) is 136 Å². The largest absolute Gasteiger partial charge is 0.497 e. The fraction of sp³-hybridized carbons (Fsp3) is 0.515. The number of hydrogen-bond donors (Lipinski definition) is 1. The van der Waals surface area contributed by atoms with Gasteiger partial charge in [-0.25, -0.2) is 4.79 Å². The lowest BCUT2D eigenvalue weighted by atomic mass is 9.49. The van der Waals surface area contributed by atoms with Gasteiger partial charge in [0.2, 0.25) is 5.91 Å². The number of nitrogens with one attached hydrogen (secondary N) is 1. The van der Waals surface area contributed by atoms with Crippen LogP contribution in [-0.4, -0.2) is 54.1 Å². The quantitative estimate of drug-likeness (QED) is 0.276. The molecule has 0 spiro atoms. The van der Waals surface area contributed by atoms with Gasteiger partial charge in [-0.3, -0.25) is 14.5 Å². The van der Waals surface area contributed by atoms with Crippen LogP contribution in [0.5, 0.6) is 5.75 Å². The predicted molar refractivity (Wildman–Crippen MR) is 164 cm³/mol. The molecule has 0 unspecified atom stereocenters. The zero-order valence-electron chi connectivity index (χ0n) is 24.3. The Labute approximate surface area is 252 Å². The number of nitrogens with zero attached hydrogens (tertiary/aromatic N) is 2. The maximum Gasteiger partial charge on any atom is 0.338 e. The van der Waals surface area contributed by atoms with Crippen molar-refractivity contribution in [1.29, 1.82) is 0 Å². The molecule has 2 amide bonds. The second-order valence-electron chi connectivity index (χ2n) is 12.6. The molecule has 4 bridgehead atoms. The lowest BCUT2D eigenvalue weighted by molar-refractivity contribution is -0.124. The Morgan fingerprint density at radius 3 is 2.17 bits per heavy atom. The molecule has 0 radical (unpaired) electrons. The summed E-state index contributed by atoms with van der Waals surface area (Å²) in [7, 11) is 1.59. The summed E-state index contributed by atoms with van der Waals surface area (Å²) in [5.74, 6) is 2.33. The number of carbonyl (C=O) groups excluding carboxylic acids is 3. The molecular weight excluding hydrogens is 550 g/mol. The van der Waals surface area contributed by atoms with Crippen molar-refractivity contribution in [2.24, 2.45) is 23.2 Å². The molecule has 5 aliphatic rings. The highest BCUT2D eigenvalue weighted by Crippen LogP contribution is 2.61. The smallest absolute Gasteiger partial charge is 0.338 e. The first-order chi connectivity index (χ1) is 20.3. The number of hydrogen-bond acceptors (Lipinski definition) is 6. The maximum absolute atomic E-state index is 14.0. The summed E-state index contributed by atoms with van der Waals surface area (Å²) >= 11 is 5.94. The minimum absolute atomic E-state index is 0.0106. The van der Waals surface area contributed by atoms with E-state index in [0.29, 0.717) is 39.8 Å². The summed E-state index contributed by atoms with van der Waals surface area (Å²) in [5.41, 5.74) is 1.95. The predicted octanol–water partition coefficient (Wildman–Crippen LogP) is 5.81. The van der Waals surface area contributed by atoms with E-state index >= 15 is 0 Å². The Balaban J connectivity index is 1.21. The number of thiocarbonyl (C=S) groups is 1. The maximum atomic E-state index is 14.0. The number of amides is 2. The highest BCUT2D eigenvalue weighted by atomic mass is 32.1. The molecule has 222 valence electrons. The van der Waals surface area contributed by atoms with E-state index in [2.05, 4.69) is 5.32 Å². The van der Waals surface area contributed by atoms with Crippen LogP contribution < -0.4 is 15.0 Å². The minimum atomic E-state index is -0.700. The highest BCUT2D eigenvalue weighted by molar-refractivity contribution is 7.80. The SMILES string of the molecule is CCOC(=O)c1ccc(N2C(=O)[C@@H](CC(=O)Nc3ccc(OC)cc3)N(CCC34CC5CC(CC(C5)C3)C4)C2=S)cc1. The summed E-state index contributed by atoms with van der Waals surface area (Å²) in [6, 6.07) is 13.1. The van der Waals surface area contributed by atoms with Crippen LogP contribution in [0.2, 0.25) is 0 Å². The summed E-state index contributed by atoms with van der Waals surface area (Å²) in [6.07, 6.45) is 8.93. The molecule has 42 heavy (non-hydrogen) atoms. The van der Waals surface area contributed by atoms with Gasteiger partial charge in [0.05, 0.1) is 31.4 Å². The molecule has 8 nitrogen and oxygen atoms in total. The average Bonchev–Trinajstić information content (AvgIpc) is 3.19. The van der Waals surface area contributed by atoms with E-state index in [0.717, 1.165) is 24.2 Å². The Morgan fingerprint density at radius 1 is 0.976 bits per heavy atom. The lowest BCUT2D eigenvalue weighted by Gasteiger charge is -2.57. The van der Waals surface area contributed by atoms with E-state index in [1.165, 1.54) is 43.4 Å². The second-order valence-corrected chi connectivity index (χ2v) is 12.9. The molecular formula is C33H39N3O5S. The standard InChI is InChI=1S/C33H39N3O5S/c1-3-41-31(39)24-4-8-26(9-5-24)36-30(38)28(17-29(37)34-25-6-10-27(40-2)11-7-25)35(32(36)42)13-12-33-18-21-14-22(19-33)16-23(15-21)20-33/h4-11,21-23,28H,3,12-20H2,1-2H3,(H,34,37)/t21?,22?,23?,28-,33?/m1/s1. The van der Waals surface area contributed by atoms with Crippen molar-refractivity contribution in [3.05, 3.63) is 54.1 Å². The Morgan fingerprint density at radius 2 is 1.60 bits per heavy atom. The molecule has 1 aliphatic heterocycles. The number of esters is 1. The van der Waals surface area contributed by atoms with E-state index in [4.69, 9.17) is 21.7 Å². The number of anilines is 2. The number of benzene rings is 2. The molecule has 1 N–H and O–H groups in total. The summed E-state index contributed by atoms with van der Waals surface area (Å²) in [5, 5.41) is 3.34. The van der Waals surface area contributed by atoms with Crippen LogP contribution in [0.15, 0.2) is 48.5 Å². The molecule has 7 rings (SSSR count). The minimum Gasteiger partial charge on any atom is -0.497 e. The van der Waals surface area contributed by atoms with Crippen LogP contribution >= 0.6 is 12.2 Å². The topological polar surface area (TPSA) is 88.2 Å². The van der Waals surface area contributed by atoms with E-state index in [1.807, 2.05) is 4.90 Å². The van der Waals surface area contributed by atoms with Gasteiger partial charge < -0.3 is 19.7 Å². The molecule has 4 saturated carbocycles. The van der Waals surface area contributed by atoms with E-state index in [1.54, 1.807) is 62.6 Å². The van der Waals surface area contributed by atoms with E-state index in [9.17, 15) is 14.4 Å². The van der Waals surface area contributed by atoms with Crippen molar-refractivity contribution in [2.45, 2.75) is 64.3 Å². The molecule has 1 atom stereocenters. The summed E-state index contributed by atoms with van der Waals surface area (Å²) in [4.78, 5) is 42.9. The van der Waals surface area contributed by atoms with Crippen LogP contribution in [0.4, 0.5) is 11.4 Å². The van der Waals surface area contributed by atoms with Crippen molar-refractivity contribution in [3.8, 4) is 5.75 Å². The molecule has 1 saturated heterocycles. The first-order valence-corrected chi connectivity index (χ1v) is 15.5. The van der Waals surface area contributed by atoms with Crippen molar-refractivity contribution in [1.82, 2.24) is 4.90 Å². The summed E-state index contributed by atoms with van der Waals surface area (Å²) < 4.78 is 10.3. The molecule has 2 aromatic carbocycles. The van der Waals surface area contributed by atoms with Gasteiger partial charge in [0.25, 0.3) is 5.91 Å². The molecule has 2 aromatic rings.